The minimum absolute atomic E-state index is 0.127. The van der Waals surface area contributed by atoms with Crippen LogP contribution in [0.3, 0.4) is 0 Å². The summed E-state index contributed by atoms with van der Waals surface area (Å²) >= 11 is 2.58. The van der Waals surface area contributed by atoms with E-state index < -0.39 is 23.9 Å². The number of rotatable bonds is 7. The molecule has 1 heterocycles. The average molecular weight is 405 g/mol. The minimum Gasteiger partial charge on any atom is -0.452 e. The lowest BCUT2D eigenvalue weighted by atomic mass is 10.1. The SMILES string of the molecule is C[C@@H](OC(=O)CSc1ccc2c(c1)CCC2)C(=O)Nc1sccc1C(N)=O. The maximum Gasteiger partial charge on any atom is 0.317 e. The lowest BCUT2D eigenvalue weighted by Crippen LogP contribution is -2.31. The van der Waals surface area contributed by atoms with E-state index in [2.05, 4.69) is 17.4 Å². The summed E-state index contributed by atoms with van der Waals surface area (Å²) in [4.78, 5) is 36.5. The topological polar surface area (TPSA) is 98.5 Å². The molecule has 27 heavy (non-hydrogen) atoms. The highest BCUT2D eigenvalue weighted by Gasteiger charge is 2.21. The van der Waals surface area contributed by atoms with Gasteiger partial charge < -0.3 is 15.8 Å². The molecule has 2 amide bonds. The summed E-state index contributed by atoms with van der Waals surface area (Å²) in [6.07, 6.45) is 2.42. The number of nitrogens with one attached hydrogen (secondary N) is 1. The predicted octanol–water partition coefficient (Wildman–Crippen LogP) is 3.00. The van der Waals surface area contributed by atoms with Gasteiger partial charge in [-0.3, -0.25) is 14.4 Å². The number of hydrogen-bond acceptors (Lipinski definition) is 6. The molecule has 1 aliphatic carbocycles. The molecule has 3 rings (SSSR count). The Morgan fingerprint density at radius 1 is 1.26 bits per heavy atom. The molecule has 2 aromatic rings. The van der Waals surface area contributed by atoms with E-state index in [1.807, 2.05) is 6.07 Å². The van der Waals surface area contributed by atoms with Gasteiger partial charge in [-0.05, 0) is 60.9 Å². The molecule has 0 spiro atoms. The van der Waals surface area contributed by atoms with E-state index in [-0.39, 0.29) is 11.3 Å². The van der Waals surface area contributed by atoms with E-state index >= 15 is 0 Å². The number of thiophene rings is 1. The number of amides is 2. The maximum atomic E-state index is 12.2. The number of primary amides is 1. The number of aryl methyl sites for hydroxylation is 2. The van der Waals surface area contributed by atoms with Crippen LogP contribution < -0.4 is 11.1 Å². The molecule has 6 nitrogen and oxygen atoms in total. The Morgan fingerprint density at radius 2 is 2.04 bits per heavy atom. The molecule has 0 fully saturated rings. The second-order valence-electron chi connectivity index (χ2n) is 6.22. The molecule has 0 saturated carbocycles. The first kappa shape index (κ1) is 19.4. The van der Waals surface area contributed by atoms with Crippen LogP contribution in [0.4, 0.5) is 5.00 Å². The summed E-state index contributed by atoms with van der Waals surface area (Å²) in [5.74, 6) is -1.47. The van der Waals surface area contributed by atoms with Crippen LogP contribution in [0, 0.1) is 0 Å². The summed E-state index contributed by atoms with van der Waals surface area (Å²) in [5, 5.41) is 4.58. The van der Waals surface area contributed by atoms with Gasteiger partial charge in [0, 0.05) is 4.90 Å². The normalized spacial score (nSPS) is 13.7. The van der Waals surface area contributed by atoms with Crippen molar-refractivity contribution in [2.75, 3.05) is 11.1 Å². The Balaban J connectivity index is 1.49. The number of nitrogens with two attached hydrogens (primary N) is 1. The quantitative estimate of drug-likeness (QED) is 0.546. The highest BCUT2D eigenvalue weighted by Crippen LogP contribution is 2.28. The number of carbonyl (C=O) groups excluding carboxylic acids is 3. The highest BCUT2D eigenvalue weighted by atomic mass is 32.2. The van der Waals surface area contributed by atoms with Crippen molar-refractivity contribution in [2.24, 2.45) is 5.73 Å². The van der Waals surface area contributed by atoms with Crippen molar-refractivity contribution in [1.82, 2.24) is 0 Å². The van der Waals surface area contributed by atoms with Crippen molar-refractivity contribution in [3.8, 4) is 0 Å². The molecule has 0 unspecified atom stereocenters. The fourth-order valence-corrected chi connectivity index (χ4v) is 4.42. The smallest absolute Gasteiger partial charge is 0.317 e. The summed E-state index contributed by atoms with van der Waals surface area (Å²) in [7, 11) is 0. The van der Waals surface area contributed by atoms with Crippen molar-refractivity contribution < 1.29 is 19.1 Å². The number of anilines is 1. The van der Waals surface area contributed by atoms with Crippen molar-refractivity contribution >= 4 is 45.9 Å². The maximum absolute atomic E-state index is 12.2. The first-order valence-corrected chi connectivity index (χ1v) is 10.4. The Bertz CT molecular complexity index is 878. The fraction of sp³-hybridized carbons (Fsp3) is 0.316. The van der Waals surface area contributed by atoms with Gasteiger partial charge in [0.15, 0.2) is 6.10 Å². The number of thioether (sulfide) groups is 1. The third-order valence-electron chi connectivity index (χ3n) is 4.27. The molecule has 0 saturated heterocycles. The lowest BCUT2D eigenvalue weighted by Gasteiger charge is -2.13. The fourth-order valence-electron chi connectivity index (χ4n) is 2.88. The number of benzene rings is 1. The van der Waals surface area contributed by atoms with E-state index in [0.717, 1.165) is 17.7 Å². The van der Waals surface area contributed by atoms with Crippen LogP contribution in [-0.2, 0) is 27.2 Å². The van der Waals surface area contributed by atoms with Gasteiger partial charge in [-0.25, -0.2) is 0 Å². The zero-order valence-corrected chi connectivity index (χ0v) is 16.5. The third-order valence-corrected chi connectivity index (χ3v) is 6.07. The van der Waals surface area contributed by atoms with Crippen LogP contribution in [0.15, 0.2) is 34.5 Å². The summed E-state index contributed by atoms with van der Waals surface area (Å²) in [5.41, 5.74) is 8.22. The van der Waals surface area contributed by atoms with Gasteiger partial charge in [-0.2, -0.15) is 0 Å². The van der Waals surface area contributed by atoms with Crippen LogP contribution >= 0.6 is 23.1 Å². The molecule has 1 aromatic heterocycles. The summed E-state index contributed by atoms with van der Waals surface area (Å²) in [6, 6.07) is 7.79. The number of esters is 1. The Labute approximate surface area is 165 Å². The zero-order valence-electron chi connectivity index (χ0n) is 14.8. The number of carbonyl (C=O) groups is 3. The highest BCUT2D eigenvalue weighted by molar-refractivity contribution is 8.00. The Kier molecular flexibility index (Phi) is 6.18. The van der Waals surface area contributed by atoms with Gasteiger partial charge in [-0.1, -0.05) is 6.07 Å². The molecule has 1 aromatic carbocycles. The minimum atomic E-state index is -0.971. The first-order valence-electron chi connectivity index (χ1n) is 8.56. The van der Waals surface area contributed by atoms with E-state index in [4.69, 9.17) is 10.5 Å². The Morgan fingerprint density at radius 3 is 2.81 bits per heavy atom. The molecule has 142 valence electrons. The van der Waals surface area contributed by atoms with E-state index in [1.54, 1.807) is 5.38 Å². The molecule has 1 atom stereocenters. The van der Waals surface area contributed by atoms with Crippen LogP contribution in [0.25, 0.3) is 0 Å². The van der Waals surface area contributed by atoms with Crippen LogP contribution in [0.5, 0.6) is 0 Å². The van der Waals surface area contributed by atoms with E-state index in [1.165, 1.54) is 53.6 Å². The van der Waals surface area contributed by atoms with Gasteiger partial charge >= 0.3 is 5.97 Å². The van der Waals surface area contributed by atoms with Crippen molar-refractivity contribution in [3.05, 3.63) is 46.3 Å². The molecule has 0 bridgehead atoms. The lowest BCUT2D eigenvalue weighted by molar-refractivity contribution is -0.150. The monoisotopic (exact) mass is 404 g/mol. The van der Waals surface area contributed by atoms with E-state index in [9.17, 15) is 14.4 Å². The van der Waals surface area contributed by atoms with Gasteiger partial charge in [0.25, 0.3) is 11.8 Å². The number of fused-ring (bicyclic) bond motifs is 1. The molecule has 1 aliphatic rings. The van der Waals surface area contributed by atoms with Crippen LogP contribution in [0.2, 0.25) is 0 Å². The summed E-state index contributed by atoms with van der Waals surface area (Å²) in [6.45, 7) is 1.49. The van der Waals surface area contributed by atoms with Gasteiger partial charge in [0.05, 0.1) is 11.3 Å². The molecule has 8 heteroatoms. The van der Waals surface area contributed by atoms with Crippen molar-refractivity contribution in [2.45, 2.75) is 37.2 Å². The first-order chi connectivity index (χ1) is 12.9. The second kappa shape index (κ2) is 8.58. The molecule has 0 aliphatic heterocycles. The third kappa shape index (κ3) is 4.90. The van der Waals surface area contributed by atoms with Crippen LogP contribution in [0.1, 0.15) is 34.8 Å². The molecule has 0 radical (unpaired) electrons. The van der Waals surface area contributed by atoms with Gasteiger partial charge in [-0.15, -0.1) is 23.1 Å². The largest absolute Gasteiger partial charge is 0.452 e. The van der Waals surface area contributed by atoms with E-state index in [0.29, 0.717) is 5.00 Å². The predicted molar refractivity (Wildman–Crippen MR) is 106 cm³/mol. The second-order valence-corrected chi connectivity index (χ2v) is 8.19. The number of hydrogen-bond donors (Lipinski definition) is 2. The molecular formula is C19H20N2O4S2. The molecular weight excluding hydrogens is 384 g/mol. The van der Waals surface area contributed by atoms with Crippen LogP contribution in [-0.4, -0.2) is 29.6 Å². The van der Waals surface area contributed by atoms with Crippen molar-refractivity contribution in [3.63, 3.8) is 0 Å². The van der Waals surface area contributed by atoms with Gasteiger partial charge in [0.2, 0.25) is 0 Å². The summed E-state index contributed by atoms with van der Waals surface area (Å²) < 4.78 is 5.19. The Hall–Kier alpha value is -2.32. The zero-order chi connectivity index (χ0) is 19.4. The average Bonchev–Trinajstić information content (AvgIpc) is 3.28. The number of ether oxygens (including phenoxy) is 1. The van der Waals surface area contributed by atoms with Crippen molar-refractivity contribution in [1.29, 1.82) is 0 Å². The standard InChI is InChI=1S/C19H20N2O4S2/c1-11(18(24)21-19-15(17(20)23)7-8-26-19)25-16(22)10-27-14-6-5-12-3-2-4-13(12)9-14/h5-9,11H,2-4,10H2,1H3,(H2,20,23)(H,21,24)/t11-/m1/s1. The molecule has 3 N–H and O–H groups in total. The van der Waals surface area contributed by atoms with Gasteiger partial charge in [0.1, 0.15) is 5.00 Å².